The number of methoxy groups -OCH3 is 1. The van der Waals surface area contributed by atoms with Gasteiger partial charge in [0.05, 0.1) is 7.11 Å². The molecule has 1 fully saturated rings. The largest absolute Gasteiger partial charge is 0.497 e. The smallest absolute Gasteiger partial charge is 0.118 e. The summed E-state index contributed by atoms with van der Waals surface area (Å²) in [4.78, 5) is 2.41. The fraction of sp³-hybridized carbons (Fsp3) is 0.526. The molecular formula is C19H27N3O2. The molecule has 1 saturated heterocycles. The number of aryl methyl sites for hydroxylation is 1. The zero-order chi connectivity index (χ0) is 17.2. The number of ether oxygens (including phenoxy) is 1. The number of aromatic nitrogens is 2. The van der Waals surface area contributed by atoms with Crippen molar-refractivity contribution in [3.63, 3.8) is 0 Å². The van der Waals surface area contributed by atoms with E-state index in [1.165, 1.54) is 5.69 Å². The Kier molecular flexibility index (Phi) is 4.92. The Morgan fingerprint density at radius 2 is 2.04 bits per heavy atom. The molecule has 24 heavy (non-hydrogen) atoms. The van der Waals surface area contributed by atoms with Crippen molar-refractivity contribution in [2.75, 3.05) is 20.2 Å². The van der Waals surface area contributed by atoms with Crippen LogP contribution in [0.15, 0.2) is 36.5 Å². The van der Waals surface area contributed by atoms with Crippen molar-refractivity contribution in [3.8, 4) is 5.75 Å². The van der Waals surface area contributed by atoms with Crippen molar-refractivity contribution in [3.05, 3.63) is 47.8 Å². The van der Waals surface area contributed by atoms with Crippen molar-refractivity contribution in [1.29, 1.82) is 0 Å². The van der Waals surface area contributed by atoms with Gasteiger partial charge in [0, 0.05) is 37.9 Å². The van der Waals surface area contributed by atoms with Crippen LogP contribution in [0.1, 0.15) is 31.0 Å². The number of rotatable bonds is 6. The lowest BCUT2D eigenvalue weighted by Crippen LogP contribution is -2.46. The molecule has 2 atom stereocenters. The van der Waals surface area contributed by atoms with Crippen LogP contribution in [0, 0.1) is 0 Å². The number of benzene rings is 1. The second-order valence-corrected chi connectivity index (χ2v) is 6.77. The van der Waals surface area contributed by atoms with Crippen LogP contribution in [0.3, 0.4) is 0 Å². The molecule has 3 rings (SSSR count). The van der Waals surface area contributed by atoms with Crippen LogP contribution in [-0.2, 0) is 19.1 Å². The SMILES string of the molecule is COc1ccc(C(C)(O)C2CCCN2CCc2ccnn2C)cc1. The quantitative estimate of drug-likeness (QED) is 0.884. The minimum Gasteiger partial charge on any atom is -0.497 e. The van der Waals surface area contributed by atoms with E-state index in [9.17, 15) is 5.11 Å². The van der Waals surface area contributed by atoms with Gasteiger partial charge in [0.2, 0.25) is 0 Å². The van der Waals surface area contributed by atoms with Gasteiger partial charge in [0.15, 0.2) is 0 Å². The maximum atomic E-state index is 11.2. The Bertz CT molecular complexity index is 664. The van der Waals surface area contributed by atoms with Crippen LogP contribution in [0.5, 0.6) is 5.75 Å². The maximum absolute atomic E-state index is 11.2. The number of hydrogen-bond donors (Lipinski definition) is 1. The molecule has 2 heterocycles. The number of likely N-dealkylation sites (tertiary alicyclic amines) is 1. The second kappa shape index (κ2) is 6.95. The van der Waals surface area contributed by atoms with Gasteiger partial charge in [0.1, 0.15) is 11.4 Å². The van der Waals surface area contributed by atoms with E-state index in [4.69, 9.17) is 4.74 Å². The minimum atomic E-state index is -0.866. The lowest BCUT2D eigenvalue weighted by Gasteiger charge is -2.37. The third-order valence-corrected chi connectivity index (χ3v) is 5.26. The third-order valence-electron chi connectivity index (χ3n) is 5.26. The summed E-state index contributed by atoms with van der Waals surface area (Å²) in [6.07, 6.45) is 4.93. The second-order valence-electron chi connectivity index (χ2n) is 6.77. The molecule has 1 aliphatic heterocycles. The summed E-state index contributed by atoms with van der Waals surface area (Å²) < 4.78 is 7.14. The van der Waals surface area contributed by atoms with Crippen LogP contribution < -0.4 is 4.74 Å². The summed E-state index contributed by atoms with van der Waals surface area (Å²) in [5.74, 6) is 0.814. The average Bonchev–Trinajstić information content (AvgIpc) is 3.22. The van der Waals surface area contributed by atoms with E-state index in [1.54, 1.807) is 7.11 Å². The first-order chi connectivity index (χ1) is 11.5. The van der Waals surface area contributed by atoms with E-state index in [0.717, 1.165) is 43.7 Å². The predicted molar refractivity (Wildman–Crippen MR) is 94.1 cm³/mol. The van der Waals surface area contributed by atoms with Crippen LogP contribution in [0.4, 0.5) is 0 Å². The number of nitrogens with zero attached hydrogens (tertiary/aromatic N) is 3. The van der Waals surface area contributed by atoms with Gasteiger partial charge in [0.25, 0.3) is 0 Å². The summed E-state index contributed by atoms with van der Waals surface area (Å²) in [5.41, 5.74) is 1.31. The Labute approximate surface area is 143 Å². The Hall–Kier alpha value is -1.85. The van der Waals surface area contributed by atoms with Crippen LogP contribution in [-0.4, -0.2) is 46.0 Å². The monoisotopic (exact) mass is 329 g/mol. The molecule has 1 aliphatic rings. The summed E-state index contributed by atoms with van der Waals surface area (Å²) in [6, 6.07) is 9.97. The number of aliphatic hydroxyl groups is 1. The van der Waals surface area contributed by atoms with Crippen molar-refractivity contribution in [2.24, 2.45) is 7.05 Å². The average molecular weight is 329 g/mol. The van der Waals surface area contributed by atoms with Gasteiger partial charge < -0.3 is 9.84 Å². The standard InChI is InChI=1S/C19H27N3O2/c1-19(23,15-6-8-17(24-3)9-7-15)18-5-4-13-22(18)14-11-16-10-12-20-21(16)2/h6-10,12,18,23H,4-5,11,13-14H2,1-3H3. The zero-order valence-electron chi connectivity index (χ0n) is 14.8. The van der Waals surface area contributed by atoms with Gasteiger partial charge in [-0.3, -0.25) is 9.58 Å². The highest BCUT2D eigenvalue weighted by atomic mass is 16.5. The highest BCUT2D eigenvalue weighted by molar-refractivity contribution is 5.31. The first-order valence-corrected chi connectivity index (χ1v) is 8.60. The normalized spacial score (nSPS) is 20.9. The molecule has 5 nitrogen and oxygen atoms in total. The molecule has 1 N–H and O–H groups in total. The lowest BCUT2D eigenvalue weighted by molar-refractivity contribution is -0.0227. The van der Waals surface area contributed by atoms with Crippen molar-refractivity contribution in [1.82, 2.24) is 14.7 Å². The van der Waals surface area contributed by atoms with Gasteiger partial charge >= 0.3 is 0 Å². The van der Waals surface area contributed by atoms with Gasteiger partial charge in [-0.2, -0.15) is 5.10 Å². The molecule has 5 heteroatoms. The molecule has 2 unspecified atom stereocenters. The first-order valence-electron chi connectivity index (χ1n) is 8.60. The van der Waals surface area contributed by atoms with Gasteiger partial charge in [-0.25, -0.2) is 0 Å². The summed E-state index contributed by atoms with van der Waals surface area (Å²) in [7, 11) is 3.63. The predicted octanol–water partition coefficient (Wildman–Crippen LogP) is 2.34. The van der Waals surface area contributed by atoms with E-state index >= 15 is 0 Å². The van der Waals surface area contributed by atoms with Crippen LogP contribution >= 0.6 is 0 Å². The third kappa shape index (κ3) is 3.32. The molecule has 130 valence electrons. The summed E-state index contributed by atoms with van der Waals surface area (Å²) in [5, 5.41) is 15.5. The number of hydrogen-bond acceptors (Lipinski definition) is 4. The first kappa shape index (κ1) is 17.0. The molecule has 1 aromatic heterocycles. The van der Waals surface area contributed by atoms with E-state index < -0.39 is 5.60 Å². The Morgan fingerprint density at radius 3 is 2.67 bits per heavy atom. The molecule has 0 amide bonds. The molecule has 0 saturated carbocycles. The topological polar surface area (TPSA) is 50.5 Å². The molecule has 0 radical (unpaired) electrons. The zero-order valence-corrected chi connectivity index (χ0v) is 14.8. The molecule has 0 spiro atoms. The molecule has 1 aromatic carbocycles. The van der Waals surface area contributed by atoms with E-state index in [2.05, 4.69) is 16.1 Å². The van der Waals surface area contributed by atoms with Crippen molar-refractivity contribution >= 4 is 0 Å². The highest BCUT2D eigenvalue weighted by Crippen LogP contribution is 2.35. The Balaban J connectivity index is 1.71. The molecule has 2 aromatic rings. The van der Waals surface area contributed by atoms with Gasteiger partial charge in [-0.05, 0) is 50.1 Å². The Morgan fingerprint density at radius 1 is 1.29 bits per heavy atom. The van der Waals surface area contributed by atoms with E-state index in [0.29, 0.717) is 0 Å². The van der Waals surface area contributed by atoms with E-state index in [1.807, 2.05) is 49.1 Å². The fourth-order valence-electron chi connectivity index (χ4n) is 3.76. The van der Waals surface area contributed by atoms with E-state index in [-0.39, 0.29) is 6.04 Å². The molecular weight excluding hydrogens is 302 g/mol. The highest BCUT2D eigenvalue weighted by Gasteiger charge is 2.40. The lowest BCUT2D eigenvalue weighted by atomic mass is 9.86. The minimum absolute atomic E-state index is 0.138. The fourth-order valence-corrected chi connectivity index (χ4v) is 3.76. The summed E-state index contributed by atoms with van der Waals surface area (Å²) in [6.45, 7) is 3.91. The maximum Gasteiger partial charge on any atom is 0.118 e. The van der Waals surface area contributed by atoms with Crippen LogP contribution in [0.2, 0.25) is 0 Å². The molecule has 0 aliphatic carbocycles. The van der Waals surface area contributed by atoms with Crippen LogP contribution in [0.25, 0.3) is 0 Å². The van der Waals surface area contributed by atoms with Crippen molar-refractivity contribution < 1.29 is 9.84 Å². The van der Waals surface area contributed by atoms with Crippen molar-refractivity contribution in [2.45, 2.75) is 37.8 Å². The van der Waals surface area contributed by atoms with Gasteiger partial charge in [-0.15, -0.1) is 0 Å². The summed E-state index contributed by atoms with van der Waals surface area (Å²) >= 11 is 0. The molecule has 0 bridgehead atoms. The van der Waals surface area contributed by atoms with Gasteiger partial charge in [-0.1, -0.05) is 12.1 Å².